The van der Waals surface area contributed by atoms with Crippen molar-refractivity contribution in [2.75, 3.05) is 6.61 Å². The first-order valence-corrected chi connectivity index (χ1v) is 8.95. The summed E-state index contributed by atoms with van der Waals surface area (Å²) in [6.07, 6.45) is -6.48. The molecule has 162 valence electrons. The molecule has 3 aromatic rings. The van der Waals surface area contributed by atoms with Gasteiger partial charge in [0, 0.05) is 24.0 Å². The molecule has 1 unspecified atom stereocenters. The zero-order valence-corrected chi connectivity index (χ0v) is 16.2. The lowest BCUT2D eigenvalue weighted by Gasteiger charge is -2.24. The standard InChI is InChI=1S/C18H18F5N5O2/c1-4-29-18(22,23)16-27-26-13-8-24-12(9-28(13)16)11-5-6-14(25-7-11)30-15(10(2)3)17(19,20)21/h5-10,15H,4H2,1-3H3. The Morgan fingerprint density at radius 1 is 1.03 bits per heavy atom. The van der Waals surface area contributed by atoms with E-state index in [1.807, 2.05) is 0 Å². The molecular weight excluding hydrogens is 413 g/mol. The molecule has 1 atom stereocenters. The number of aromatic nitrogens is 5. The maximum absolute atomic E-state index is 14.1. The molecule has 0 spiro atoms. The lowest BCUT2D eigenvalue weighted by Crippen LogP contribution is -2.39. The summed E-state index contributed by atoms with van der Waals surface area (Å²) >= 11 is 0. The average Bonchev–Trinajstić information content (AvgIpc) is 3.09. The fourth-order valence-corrected chi connectivity index (χ4v) is 2.71. The van der Waals surface area contributed by atoms with Gasteiger partial charge in [0.05, 0.1) is 18.5 Å². The average molecular weight is 431 g/mol. The minimum atomic E-state index is -4.54. The van der Waals surface area contributed by atoms with Crippen molar-refractivity contribution in [1.29, 1.82) is 0 Å². The van der Waals surface area contributed by atoms with E-state index >= 15 is 0 Å². The van der Waals surface area contributed by atoms with Crippen LogP contribution in [0.2, 0.25) is 0 Å². The third-order valence-corrected chi connectivity index (χ3v) is 4.09. The molecule has 3 aromatic heterocycles. The summed E-state index contributed by atoms with van der Waals surface area (Å²) in [5.41, 5.74) is 0.675. The van der Waals surface area contributed by atoms with Crippen molar-refractivity contribution in [2.45, 2.75) is 39.2 Å². The highest BCUT2D eigenvalue weighted by Gasteiger charge is 2.44. The van der Waals surface area contributed by atoms with Crippen molar-refractivity contribution in [3.8, 4) is 17.1 Å². The van der Waals surface area contributed by atoms with E-state index in [0.29, 0.717) is 5.56 Å². The third kappa shape index (κ3) is 4.48. The van der Waals surface area contributed by atoms with Crippen molar-refractivity contribution >= 4 is 5.65 Å². The minimum Gasteiger partial charge on any atom is -0.464 e. The van der Waals surface area contributed by atoms with Crippen molar-refractivity contribution < 1.29 is 31.4 Å². The molecule has 3 rings (SSSR count). The number of hydrogen-bond acceptors (Lipinski definition) is 6. The lowest BCUT2D eigenvalue weighted by molar-refractivity contribution is -0.251. The van der Waals surface area contributed by atoms with Crippen molar-refractivity contribution in [1.82, 2.24) is 24.6 Å². The molecule has 0 aromatic carbocycles. The molecule has 0 aliphatic heterocycles. The fraction of sp³-hybridized carbons (Fsp3) is 0.444. The Kier molecular flexibility index (Phi) is 5.88. The molecule has 0 saturated carbocycles. The summed E-state index contributed by atoms with van der Waals surface area (Å²) in [6.45, 7) is 3.96. The number of alkyl halides is 5. The van der Waals surface area contributed by atoms with Gasteiger partial charge in [-0.3, -0.25) is 9.38 Å². The lowest BCUT2D eigenvalue weighted by atomic mass is 10.1. The van der Waals surface area contributed by atoms with Gasteiger partial charge in [-0.2, -0.15) is 22.0 Å². The highest BCUT2D eigenvalue weighted by molar-refractivity contribution is 5.59. The topological polar surface area (TPSA) is 74.4 Å². The first-order valence-electron chi connectivity index (χ1n) is 8.95. The second-order valence-electron chi connectivity index (χ2n) is 6.68. The molecule has 0 N–H and O–H groups in total. The van der Waals surface area contributed by atoms with Gasteiger partial charge in [-0.1, -0.05) is 13.8 Å². The van der Waals surface area contributed by atoms with Crippen molar-refractivity contribution in [3.63, 3.8) is 0 Å². The normalized spacial score (nSPS) is 13.8. The Labute approximate surface area is 167 Å². The highest BCUT2D eigenvalue weighted by Crippen LogP contribution is 2.31. The first kappa shape index (κ1) is 21.8. The van der Waals surface area contributed by atoms with Crippen LogP contribution in [0.25, 0.3) is 16.9 Å². The number of ether oxygens (including phenoxy) is 2. The van der Waals surface area contributed by atoms with Gasteiger partial charge in [-0.15, -0.1) is 10.2 Å². The zero-order valence-electron chi connectivity index (χ0n) is 16.2. The summed E-state index contributed by atoms with van der Waals surface area (Å²) in [6, 6.07) is 2.68. The van der Waals surface area contributed by atoms with Gasteiger partial charge in [0.15, 0.2) is 11.8 Å². The molecule has 0 saturated heterocycles. The van der Waals surface area contributed by atoms with Crippen LogP contribution >= 0.6 is 0 Å². The molecule has 0 amide bonds. The monoisotopic (exact) mass is 431 g/mol. The molecule has 7 nitrogen and oxygen atoms in total. The smallest absolute Gasteiger partial charge is 0.425 e. The summed E-state index contributed by atoms with van der Waals surface area (Å²) in [7, 11) is 0. The molecule has 0 aliphatic carbocycles. The van der Waals surface area contributed by atoms with Crippen molar-refractivity contribution in [3.05, 3.63) is 36.5 Å². The minimum absolute atomic E-state index is 0.0750. The maximum Gasteiger partial charge on any atom is 0.425 e. The van der Waals surface area contributed by atoms with Crippen LogP contribution in [0.3, 0.4) is 0 Å². The SMILES string of the molecule is CCOC(F)(F)c1nnc2cnc(-c3ccc(OC(C(C)C)C(F)(F)F)nc3)cn12. The third-order valence-electron chi connectivity index (χ3n) is 4.09. The molecule has 30 heavy (non-hydrogen) atoms. The number of rotatable bonds is 7. The second kappa shape index (κ2) is 8.09. The van der Waals surface area contributed by atoms with Crippen LogP contribution in [-0.2, 0) is 10.8 Å². The summed E-state index contributed by atoms with van der Waals surface area (Å²) in [4.78, 5) is 7.99. The zero-order chi connectivity index (χ0) is 22.1. The Balaban J connectivity index is 1.89. The quantitative estimate of drug-likeness (QED) is 0.521. The van der Waals surface area contributed by atoms with E-state index in [0.717, 1.165) is 4.40 Å². The second-order valence-corrected chi connectivity index (χ2v) is 6.68. The number of pyridine rings is 1. The van der Waals surface area contributed by atoms with E-state index in [1.54, 1.807) is 0 Å². The summed E-state index contributed by atoms with van der Waals surface area (Å²) in [5.74, 6) is -1.75. The van der Waals surface area contributed by atoms with Gasteiger partial charge in [0.1, 0.15) is 0 Å². The molecule has 0 bridgehead atoms. The van der Waals surface area contributed by atoms with Crippen LogP contribution in [0.4, 0.5) is 22.0 Å². The van der Waals surface area contributed by atoms with Crippen LogP contribution in [0.1, 0.15) is 26.6 Å². The first-order chi connectivity index (χ1) is 14.0. The molecule has 12 heteroatoms. The fourth-order valence-electron chi connectivity index (χ4n) is 2.71. The van der Waals surface area contributed by atoms with Crippen LogP contribution in [-0.4, -0.2) is 43.5 Å². The molecule has 3 heterocycles. The largest absolute Gasteiger partial charge is 0.464 e. The van der Waals surface area contributed by atoms with Gasteiger partial charge in [0.25, 0.3) is 0 Å². The number of fused-ring (bicyclic) bond motifs is 1. The molecule has 0 radical (unpaired) electrons. The van der Waals surface area contributed by atoms with E-state index in [1.165, 1.54) is 51.5 Å². The Bertz CT molecular complexity index is 1000. The molecule has 0 fully saturated rings. The highest BCUT2D eigenvalue weighted by atomic mass is 19.4. The Morgan fingerprint density at radius 2 is 1.77 bits per heavy atom. The number of hydrogen-bond donors (Lipinski definition) is 0. The molecular formula is C18H18F5N5O2. The number of halogens is 5. The predicted molar refractivity (Wildman–Crippen MR) is 94.8 cm³/mol. The van der Waals surface area contributed by atoms with Gasteiger partial charge >= 0.3 is 12.3 Å². The van der Waals surface area contributed by atoms with Crippen LogP contribution < -0.4 is 4.74 Å². The maximum atomic E-state index is 14.1. The Morgan fingerprint density at radius 3 is 2.33 bits per heavy atom. The van der Waals surface area contributed by atoms with E-state index < -0.39 is 30.1 Å². The van der Waals surface area contributed by atoms with Gasteiger partial charge < -0.3 is 9.47 Å². The Hall–Kier alpha value is -2.89. The predicted octanol–water partition coefficient (Wildman–Crippen LogP) is 4.24. The molecule has 0 aliphatic rings. The van der Waals surface area contributed by atoms with E-state index in [4.69, 9.17) is 4.74 Å². The van der Waals surface area contributed by atoms with E-state index in [-0.39, 0.29) is 23.8 Å². The summed E-state index contributed by atoms with van der Waals surface area (Å²) in [5, 5.41) is 7.10. The van der Waals surface area contributed by atoms with Crippen LogP contribution in [0.5, 0.6) is 5.88 Å². The van der Waals surface area contributed by atoms with Gasteiger partial charge in [0.2, 0.25) is 11.7 Å². The van der Waals surface area contributed by atoms with Crippen LogP contribution in [0.15, 0.2) is 30.7 Å². The van der Waals surface area contributed by atoms with E-state index in [2.05, 4.69) is 24.9 Å². The number of nitrogens with zero attached hydrogens (tertiary/aromatic N) is 5. The summed E-state index contributed by atoms with van der Waals surface area (Å²) < 4.78 is 77.8. The van der Waals surface area contributed by atoms with E-state index in [9.17, 15) is 22.0 Å². The van der Waals surface area contributed by atoms with Gasteiger partial charge in [-0.05, 0) is 18.9 Å². The van der Waals surface area contributed by atoms with Crippen LogP contribution in [0, 0.1) is 5.92 Å². The van der Waals surface area contributed by atoms with Gasteiger partial charge in [-0.25, -0.2) is 4.98 Å². The van der Waals surface area contributed by atoms with Crippen molar-refractivity contribution in [2.24, 2.45) is 5.92 Å².